The van der Waals surface area contributed by atoms with Crippen LogP contribution in [-0.4, -0.2) is 22.5 Å². The van der Waals surface area contributed by atoms with Crippen molar-refractivity contribution in [3.63, 3.8) is 0 Å². The van der Waals surface area contributed by atoms with E-state index in [1.54, 1.807) is 17.6 Å². The van der Waals surface area contributed by atoms with Crippen LogP contribution in [0.1, 0.15) is 20.8 Å². The third kappa shape index (κ3) is 2.97. The van der Waals surface area contributed by atoms with Crippen LogP contribution in [0.25, 0.3) is 10.2 Å². The summed E-state index contributed by atoms with van der Waals surface area (Å²) in [6, 6.07) is 10.8. The van der Waals surface area contributed by atoms with Gasteiger partial charge in [0, 0.05) is 16.0 Å². The van der Waals surface area contributed by atoms with Gasteiger partial charge in [-0.25, -0.2) is 4.98 Å². The maximum atomic E-state index is 12.5. The number of carbonyl (C=O) groups excluding carboxylic acids is 1. The predicted octanol–water partition coefficient (Wildman–Crippen LogP) is 3.62. The molecule has 0 aliphatic carbocycles. The number of carbonyl (C=O) groups is 1. The average molecular weight is 370 g/mol. The van der Waals surface area contributed by atoms with Gasteiger partial charge in [0.05, 0.1) is 34.8 Å². The molecule has 4 rings (SSSR count). The Kier molecular flexibility index (Phi) is 4.12. The number of fused-ring (bicyclic) bond motifs is 1. The van der Waals surface area contributed by atoms with Crippen molar-refractivity contribution in [2.24, 2.45) is 0 Å². The van der Waals surface area contributed by atoms with Crippen LogP contribution in [0, 0.1) is 0 Å². The first-order valence-corrected chi connectivity index (χ1v) is 9.33. The fourth-order valence-corrected chi connectivity index (χ4v) is 4.21. The summed E-state index contributed by atoms with van der Waals surface area (Å²) in [5.74, 6) is -0.242. The highest BCUT2D eigenvalue weighted by atomic mass is 32.1. The average Bonchev–Trinajstić information content (AvgIpc) is 3.40. The van der Waals surface area contributed by atoms with E-state index in [-0.39, 0.29) is 12.5 Å². The number of aromatic nitrogens is 1. The molecule has 3 aromatic heterocycles. The third-order valence-corrected chi connectivity index (χ3v) is 5.84. The number of hydrogen-bond acceptors (Lipinski definition) is 6. The molecular formula is C18H14N2O3S2. The molecule has 0 unspecified atom stereocenters. The molecule has 1 aromatic carbocycles. The van der Waals surface area contributed by atoms with Crippen LogP contribution in [0.2, 0.25) is 0 Å². The lowest BCUT2D eigenvalue weighted by Crippen LogP contribution is -2.41. The summed E-state index contributed by atoms with van der Waals surface area (Å²) in [6.45, 7) is 0.0482. The maximum Gasteiger partial charge on any atom is 0.251 e. The SMILES string of the molecule is O=C(NC[C@@](O)(c1ccoc1)c1cccs1)c1ccc2ncsc2c1. The topological polar surface area (TPSA) is 75.4 Å². The highest BCUT2D eigenvalue weighted by Crippen LogP contribution is 2.32. The van der Waals surface area contributed by atoms with Crippen molar-refractivity contribution in [3.05, 3.63) is 75.8 Å². The van der Waals surface area contributed by atoms with Gasteiger partial charge in [-0.2, -0.15) is 0 Å². The van der Waals surface area contributed by atoms with Gasteiger partial charge in [0.2, 0.25) is 0 Å². The fourth-order valence-electron chi connectivity index (χ4n) is 2.65. The molecule has 3 heterocycles. The first-order valence-electron chi connectivity index (χ1n) is 7.57. The highest BCUT2D eigenvalue weighted by molar-refractivity contribution is 7.16. The molecule has 0 aliphatic heterocycles. The van der Waals surface area contributed by atoms with Crippen molar-refractivity contribution in [1.82, 2.24) is 10.3 Å². The van der Waals surface area contributed by atoms with E-state index < -0.39 is 5.60 Å². The number of benzene rings is 1. The van der Waals surface area contributed by atoms with Gasteiger partial charge in [-0.15, -0.1) is 22.7 Å². The molecule has 0 aliphatic rings. The smallest absolute Gasteiger partial charge is 0.251 e. The van der Waals surface area contributed by atoms with E-state index in [0.29, 0.717) is 11.1 Å². The van der Waals surface area contributed by atoms with E-state index in [4.69, 9.17) is 4.42 Å². The Morgan fingerprint density at radius 2 is 2.20 bits per heavy atom. The van der Waals surface area contributed by atoms with Crippen molar-refractivity contribution in [1.29, 1.82) is 0 Å². The van der Waals surface area contributed by atoms with Gasteiger partial charge >= 0.3 is 0 Å². The number of nitrogens with zero attached hydrogens (tertiary/aromatic N) is 1. The van der Waals surface area contributed by atoms with Crippen LogP contribution in [0.5, 0.6) is 0 Å². The number of amides is 1. The summed E-state index contributed by atoms with van der Waals surface area (Å²) in [5, 5.41) is 15.9. The summed E-state index contributed by atoms with van der Waals surface area (Å²) in [5.41, 5.74) is 2.44. The van der Waals surface area contributed by atoms with E-state index in [1.807, 2.05) is 29.6 Å². The number of thiophene rings is 1. The molecule has 7 heteroatoms. The molecule has 4 aromatic rings. The Bertz CT molecular complexity index is 956. The lowest BCUT2D eigenvalue weighted by molar-refractivity contribution is 0.0714. The number of aliphatic hydroxyl groups is 1. The second-order valence-electron chi connectivity index (χ2n) is 5.57. The Morgan fingerprint density at radius 3 is 2.96 bits per heavy atom. The van der Waals surface area contributed by atoms with Crippen molar-refractivity contribution in [3.8, 4) is 0 Å². The minimum absolute atomic E-state index is 0.0482. The van der Waals surface area contributed by atoms with Gasteiger partial charge in [0.1, 0.15) is 5.60 Å². The largest absolute Gasteiger partial charge is 0.472 e. The predicted molar refractivity (Wildman–Crippen MR) is 98.0 cm³/mol. The molecule has 0 spiro atoms. The normalized spacial score (nSPS) is 13.6. The van der Waals surface area contributed by atoms with Crippen molar-refractivity contribution >= 4 is 38.8 Å². The van der Waals surface area contributed by atoms with Crippen LogP contribution >= 0.6 is 22.7 Å². The van der Waals surface area contributed by atoms with Crippen molar-refractivity contribution in [2.45, 2.75) is 5.60 Å². The zero-order valence-electron chi connectivity index (χ0n) is 13.0. The van der Waals surface area contributed by atoms with Crippen molar-refractivity contribution in [2.75, 3.05) is 6.54 Å². The van der Waals surface area contributed by atoms with Gasteiger partial charge in [-0.3, -0.25) is 4.79 Å². The molecular weight excluding hydrogens is 356 g/mol. The quantitative estimate of drug-likeness (QED) is 0.563. The monoisotopic (exact) mass is 370 g/mol. The van der Waals surface area contributed by atoms with Gasteiger partial charge in [0.25, 0.3) is 5.91 Å². The van der Waals surface area contributed by atoms with E-state index in [2.05, 4.69) is 10.3 Å². The van der Waals surface area contributed by atoms with E-state index in [1.165, 1.54) is 35.2 Å². The van der Waals surface area contributed by atoms with Gasteiger partial charge in [-0.1, -0.05) is 6.07 Å². The molecule has 5 nitrogen and oxygen atoms in total. The first kappa shape index (κ1) is 16.0. The van der Waals surface area contributed by atoms with Crippen LogP contribution in [-0.2, 0) is 5.60 Å². The van der Waals surface area contributed by atoms with Crippen LogP contribution in [0.15, 0.2) is 64.2 Å². The number of nitrogens with one attached hydrogen (secondary N) is 1. The first-order chi connectivity index (χ1) is 12.2. The summed E-state index contributed by atoms with van der Waals surface area (Å²) in [4.78, 5) is 17.5. The number of thiazole rings is 1. The summed E-state index contributed by atoms with van der Waals surface area (Å²) in [6.07, 6.45) is 3.00. The van der Waals surface area contributed by atoms with Crippen LogP contribution in [0.3, 0.4) is 0 Å². The third-order valence-electron chi connectivity index (χ3n) is 4.03. The molecule has 126 valence electrons. The van der Waals surface area contributed by atoms with Gasteiger partial charge in [0.15, 0.2) is 0 Å². The minimum Gasteiger partial charge on any atom is -0.472 e. The zero-order chi connectivity index (χ0) is 17.3. The maximum absolute atomic E-state index is 12.5. The van der Waals surface area contributed by atoms with E-state index in [9.17, 15) is 9.90 Å². The summed E-state index contributed by atoms with van der Waals surface area (Å²) in [7, 11) is 0. The highest BCUT2D eigenvalue weighted by Gasteiger charge is 2.34. The lowest BCUT2D eigenvalue weighted by atomic mass is 9.94. The molecule has 1 amide bonds. The number of rotatable bonds is 5. The zero-order valence-corrected chi connectivity index (χ0v) is 14.6. The standard InChI is InChI=1S/C18H14N2O3S2/c21-17(12-3-4-14-15(8-12)25-11-20-14)19-10-18(22,13-5-6-23-9-13)16-2-1-7-24-16/h1-9,11,22H,10H2,(H,19,21)/t18-/m1/s1. The Morgan fingerprint density at radius 1 is 1.28 bits per heavy atom. The number of hydrogen-bond donors (Lipinski definition) is 2. The molecule has 0 saturated carbocycles. The lowest BCUT2D eigenvalue weighted by Gasteiger charge is -2.26. The molecule has 0 saturated heterocycles. The van der Waals surface area contributed by atoms with Crippen LogP contribution in [0.4, 0.5) is 0 Å². The summed E-state index contributed by atoms with van der Waals surface area (Å²) < 4.78 is 6.07. The Labute approximate surface area is 151 Å². The molecule has 1 atom stereocenters. The summed E-state index contributed by atoms with van der Waals surface area (Å²) >= 11 is 2.92. The van der Waals surface area contributed by atoms with Crippen LogP contribution < -0.4 is 5.32 Å². The molecule has 2 N–H and O–H groups in total. The van der Waals surface area contributed by atoms with E-state index >= 15 is 0 Å². The Hall–Kier alpha value is -2.48. The second-order valence-corrected chi connectivity index (χ2v) is 7.40. The van der Waals surface area contributed by atoms with Crippen molar-refractivity contribution < 1.29 is 14.3 Å². The van der Waals surface area contributed by atoms with Gasteiger partial charge in [-0.05, 0) is 35.7 Å². The number of furan rings is 1. The molecule has 0 fully saturated rings. The Balaban J connectivity index is 1.58. The molecule has 0 radical (unpaired) electrons. The minimum atomic E-state index is -1.33. The van der Waals surface area contributed by atoms with Gasteiger partial charge < -0.3 is 14.8 Å². The molecule has 0 bridgehead atoms. The second kappa shape index (κ2) is 6.44. The molecule has 25 heavy (non-hydrogen) atoms. The fraction of sp³-hybridized carbons (Fsp3) is 0.111. The van der Waals surface area contributed by atoms with E-state index in [0.717, 1.165) is 15.1 Å².